The van der Waals surface area contributed by atoms with Gasteiger partial charge in [-0.15, -0.1) is 0 Å². The van der Waals surface area contributed by atoms with Crippen molar-refractivity contribution in [1.29, 1.82) is 0 Å². The highest BCUT2D eigenvalue weighted by molar-refractivity contribution is 5.89. The Bertz CT molecular complexity index is 1400. The van der Waals surface area contributed by atoms with Gasteiger partial charge in [0.15, 0.2) is 0 Å². The molecule has 1 atom stereocenters. The summed E-state index contributed by atoms with van der Waals surface area (Å²) in [4.78, 5) is 29.9. The van der Waals surface area contributed by atoms with E-state index in [2.05, 4.69) is 66.8 Å². The molecule has 1 aliphatic rings. The van der Waals surface area contributed by atoms with E-state index in [1.165, 1.54) is 22.8 Å². The predicted octanol–water partition coefficient (Wildman–Crippen LogP) is 7.17. The van der Waals surface area contributed by atoms with Gasteiger partial charge in [-0.05, 0) is 53.6 Å². The van der Waals surface area contributed by atoms with Crippen molar-refractivity contribution in [1.82, 2.24) is 10.2 Å². The summed E-state index contributed by atoms with van der Waals surface area (Å²) in [5.74, 6) is -0.0328. The van der Waals surface area contributed by atoms with Crippen molar-refractivity contribution < 1.29 is 9.59 Å². The normalized spacial score (nSPS) is 14.5. The second-order valence-electron chi connectivity index (χ2n) is 11.2. The first-order valence-electron chi connectivity index (χ1n) is 14.7. The first-order valence-corrected chi connectivity index (χ1v) is 14.7. The van der Waals surface area contributed by atoms with Crippen LogP contribution in [0.3, 0.4) is 0 Å². The molecule has 5 rings (SSSR count). The molecule has 0 radical (unpaired) electrons. The molecule has 206 valence electrons. The van der Waals surface area contributed by atoms with E-state index in [0.717, 1.165) is 42.4 Å². The van der Waals surface area contributed by atoms with E-state index >= 15 is 0 Å². The third kappa shape index (κ3) is 7.18. The number of benzene rings is 4. The Morgan fingerprint density at radius 1 is 0.800 bits per heavy atom. The highest BCUT2D eigenvalue weighted by Gasteiger charge is 2.31. The minimum atomic E-state index is -0.578. The van der Waals surface area contributed by atoms with E-state index in [9.17, 15) is 9.59 Å². The van der Waals surface area contributed by atoms with Crippen LogP contribution in [-0.2, 0) is 29.0 Å². The fraction of sp³-hybridized carbons (Fsp3) is 0.333. The van der Waals surface area contributed by atoms with Crippen LogP contribution in [0.2, 0.25) is 0 Å². The number of fused-ring (bicyclic) bond motifs is 1. The molecule has 1 N–H and O–H groups in total. The summed E-state index contributed by atoms with van der Waals surface area (Å²) in [6.45, 7) is 2.47. The molecular weight excluding hydrogens is 492 g/mol. The van der Waals surface area contributed by atoms with Gasteiger partial charge in [0.05, 0.1) is 0 Å². The van der Waals surface area contributed by atoms with Crippen molar-refractivity contribution in [3.05, 3.63) is 119 Å². The number of aryl methyl sites for hydroxylation is 2. The number of carbonyl (C=O) groups excluding carboxylic acids is 2. The van der Waals surface area contributed by atoms with Crippen molar-refractivity contribution in [3.8, 4) is 0 Å². The Hall–Kier alpha value is -3.92. The van der Waals surface area contributed by atoms with Gasteiger partial charge in [0.1, 0.15) is 6.04 Å². The lowest BCUT2D eigenvalue weighted by molar-refractivity contribution is -0.141. The highest BCUT2D eigenvalue weighted by atomic mass is 16.2. The first-order chi connectivity index (χ1) is 19.6. The first kappa shape index (κ1) is 27.6. The molecule has 1 aliphatic carbocycles. The van der Waals surface area contributed by atoms with Crippen molar-refractivity contribution in [3.63, 3.8) is 0 Å². The molecule has 0 aliphatic heterocycles. The maximum atomic E-state index is 14.1. The minimum absolute atomic E-state index is 0.00762. The fourth-order valence-corrected chi connectivity index (χ4v) is 5.88. The van der Waals surface area contributed by atoms with Crippen molar-refractivity contribution in [2.24, 2.45) is 0 Å². The molecule has 1 fully saturated rings. The number of hydrogen-bond donors (Lipinski definition) is 1. The molecule has 4 nitrogen and oxygen atoms in total. The fourth-order valence-electron chi connectivity index (χ4n) is 5.88. The van der Waals surface area contributed by atoms with Crippen LogP contribution in [-0.4, -0.2) is 28.8 Å². The molecule has 4 aromatic carbocycles. The second-order valence-corrected chi connectivity index (χ2v) is 11.2. The molecule has 2 amide bonds. The van der Waals surface area contributed by atoms with Crippen LogP contribution < -0.4 is 5.32 Å². The average Bonchev–Trinajstić information content (AvgIpc) is 2.99. The van der Waals surface area contributed by atoms with Crippen LogP contribution in [0.25, 0.3) is 10.8 Å². The molecule has 0 heterocycles. The van der Waals surface area contributed by atoms with Crippen LogP contribution in [0.4, 0.5) is 0 Å². The van der Waals surface area contributed by atoms with Gasteiger partial charge in [0.2, 0.25) is 11.8 Å². The zero-order chi connectivity index (χ0) is 27.7. The van der Waals surface area contributed by atoms with Crippen LogP contribution in [0.1, 0.15) is 60.8 Å². The third-order valence-electron chi connectivity index (χ3n) is 8.18. The second kappa shape index (κ2) is 13.4. The monoisotopic (exact) mass is 532 g/mol. The lowest BCUT2D eigenvalue weighted by Crippen LogP contribution is -2.52. The van der Waals surface area contributed by atoms with Gasteiger partial charge >= 0.3 is 0 Å². The quantitative estimate of drug-likeness (QED) is 0.235. The zero-order valence-corrected chi connectivity index (χ0v) is 23.5. The minimum Gasteiger partial charge on any atom is -0.352 e. The maximum Gasteiger partial charge on any atom is 0.243 e. The van der Waals surface area contributed by atoms with Gasteiger partial charge in [-0.2, -0.15) is 0 Å². The summed E-state index contributed by atoms with van der Waals surface area (Å²) >= 11 is 0. The Morgan fingerprint density at radius 2 is 1.50 bits per heavy atom. The lowest BCUT2D eigenvalue weighted by atomic mass is 9.94. The van der Waals surface area contributed by atoms with Crippen LogP contribution >= 0.6 is 0 Å². The molecule has 0 bridgehead atoms. The van der Waals surface area contributed by atoms with Gasteiger partial charge in [0, 0.05) is 25.4 Å². The van der Waals surface area contributed by atoms with Crippen LogP contribution in [0.5, 0.6) is 0 Å². The van der Waals surface area contributed by atoms with Gasteiger partial charge in [-0.25, -0.2) is 0 Å². The largest absolute Gasteiger partial charge is 0.352 e. The summed E-state index contributed by atoms with van der Waals surface area (Å²) in [5, 5.41) is 5.69. The molecule has 0 aromatic heterocycles. The van der Waals surface area contributed by atoms with Gasteiger partial charge in [-0.1, -0.05) is 122 Å². The molecule has 0 saturated heterocycles. The van der Waals surface area contributed by atoms with E-state index in [4.69, 9.17) is 0 Å². The summed E-state index contributed by atoms with van der Waals surface area (Å²) in [7, 11) is 0. The molecule has 0 spiro atoms. The molecule has 4 aromatic rings. The Kier molecular flexibility index (Phi) is 9.28. The van der Waals surface area contributed by atoms with Gasteiger partial charge in [0.25, 0.3) is 0 Å². The predicted molar refractivity (Wildman–Crippen MR) is 163 cm³/mol. The number of nitrogens with zero attached hydrogens (tertiary/aromatic N) is 1. The van der Waals surface area contributed by atoms with Crippen molar-refractivity contribution >= 4 is 22.6 Å². The number of rotatable bonds is 10. The summed E-state index contributed by atoms with van der Waals surface area (Å²) in [6, 6.07) is 32.6. The number of nitrogens with one attached hydrogen (secondary N) is 1. The van der Waals surface area contributed by atoms with Gasteiger partial charge in [-0.3, -0.25) is 9.59 Å². The topological polar surface area (TPSA) is 49.4 Å². The van der Waals surface area contributed by atoms with E-state index < -0.39 is 6.04 Å². The van der Waals surface area contributed by atoms with E-state index in [0.29, 0.717) is 25.8 Å². The standard InChI is InChI=1S/C36H40N2O2/c1-27-19-21-29(22-20-27)26-38(35(39)24-23-31-15-10-14-30-13-8-9-18-33(30)31)34(25-28-11-4-2-5-12-28)36(40)37-32-16-6-3-7-17-32/h2,4-5,8-15,18-22,32,34H,3,6-7,16-17,23-26H2,1H3,(H,37,40)/t34-/m0/s1. The van der Waals surface area contributed by atoms with Crippen LogP contribution in [0.15, 0.2) is 97.1 Å². The smallest absolute Gasteiger partial charge is 0.243 e. The molecule has 4 heteroatoms. The molecule has 0 unspecified atom stereocenters. The zero-order valence-electron chi connectivity index (χ0n) is 23.5. The molecule has 1 saturated carbocycles. The Balaban J connectivity index is 1.43. The SMILES string of the molecule is Cc1ccc(CN(C(=O)CCc2cccc3ccccc23)[C@@H](Cc2ccccc2)C(=O)NC2CCCCC2)cc1. The van der Waals surface area contributed by atoms with Crippen molar-refractivity contribution in [2.75, 3.05) is 0 Å². The highest BCUT2D eigenvalue weighted by Crippen LogP contribution is 2.23. The van der Waals surface area contributed by atoms with Crippen LogP contribution in [0, 0.1) is 6.92 Å². The molecule has 40 heavy (non-hydrogen) atoms. The summed E-state index contributed by atoms with van der Waals surface area (Å²) in [5.41, 5.74) is 4.43. The van der Waals surface area contributed by atoms with E-state index in [1.807, 2.05) is 47.4 Å². The summed E-state index contributed by atoms with van der Waals surface area (Å²) in [6.07, 6.45) is 7.01. The third-order valence-corrected chi connectivity index (χ3v) is 8.18. The number of amides is 2. The van der Waals surface area contributed by atoms with Gasteiger partial charge < -0.3 is 10.2 Å². The number of carbonyl (C=O) groups is 2. The Labute approximate surface area is 238 Å². The van der Waals surface area contributed by atoms with E-state index in [-0.39, 0.29) is 17.9 Å². The average molecular weight is 533 g/mol. The maximum absolute atomic E-state index is 14.1. The Morgan fingerprint density at radius 3 is 2.27 bits per heavy atom. The van der Waals surface area contributed by atoms with Crippen molar-refractivity contribution in [2.45, 2.75) is 76.9 Å². The number of hydrogen-bond acceptors (Lipinski definition) is 2. The molecular formula is C36H40N2O2. The van der Waals surface area contributed by atoms with E-state index in [1.54, 1.807) is 0 Å². The summed E-state index contributed by atoms with van der Waals surface area (Å²) < 4.78 is 0. The lowest BCUT2D eigenvalue weighted by Gasteiger charge is -2.33.